The van der Waals surface area contributed by atoms with Gasteiger partial charge in [-0.1, -0.05) is 5.16 Å². The Bertz CT molecular complexity index is 605. The molecule has 22 heavy (non-hydrogen) atoms. The molecule has 0 aromatic carbocycles. The van der Waals surface area contributed by atoms with Crippen molar-refractivity contribution < 1.29 is 9.32 Å². The van der Waals surface area contributed by atoms with E-state index in [1.54, 1.807) is 18.3 Å². The van der Waals surface area contributed by atoms with Crippen LogP contribution in [0.3, 0.4) is 0 Å². The summed E-state index contributed by atoms with van der Waals surface area (Å²) < 4.78 is 5.05. The van der Waals surface area contributed by atoms with Gasteiger partial charge in [0.05, 0.1) is 0 Å². The molecule has 0 saturated carbocycles. The lowest BCUT2D eigenvalue weighted by molar-refractivity contribution is -0.131. The molecule has 0 N–H and O–H groups in total. The average Bonchev–Trinajstić information content (AvgIpc) is 3.19. The van der Waals surface area contributed by atoms with Gasteiger partial charge in [0.25, 0.3) is 0 Å². The summed E-state index contributed by atoms with van der Waals surface area (Å²) in [6, 6.07) is 0. The summed E-state index contributed by atoms with van der Waals surface area (Å²) >= 11 is 1.64. The normalized spacial score (nSPS) is 15.3. The molecule has 8 heteroatoms. The standard InChI is InChI=1S/C14H19N5O2S/c1-11-16-12(21-17-11)3-2-4-13(20)18-6-8-19(9-7-18)14-15-5-10-22-14/h5,10H,2-4,6-9H2,1H3. The number of anilines is 1. The van der Waals surface area contributed by atoms with Crippen LogP contribution in [0.4, 0.5) is 5.13 Å². The van der Waals surface area contributed by atoms with E-state index in [-0.39, 0.29) is 5.91 Å². The molecule has 1 amide bonds. The molecule has 0 aliphatic carbocycles. The van der Waals surface area contributed by atoms with Crippen molar-refractivity contribution in [2.24, 2.45) is 0 Å². The molecule has 7 nitrogen and oxygen atoms in total. The van der Waals surface area contributed by atoms with Crippen LogP contribution in [0.15, 0.2) is 16.1 Å². The van der Waals surface area contributed by atoms with E-state index >= 15 is 0 Å². The Labute approximate surface area is 132 Å². The topological polar surface area (TPSA) is 75.4 Å². The molecular formula is C14H19N5O2S. The Morgan fingerprint density at radius 1 is 1.36 bits per heavy atom. The molecule has 0 spiro atoms. The molecular weight excluding hydrogens is 302 g/mol. The molecule has 0 atom stereocenters. The van der Waals surface area contributed by atoms with Crippen molar-refractivity contribution in [2.75, 3.05) is 31.1 Å². The third-order valence-electron chi connectivity index (χ3n) is 3.67. The largest absolute Gasteiger partial charge is 0.345 e. The van der Waals surface area contributed by atoms with Gasteiger partial charge in [0, 0.05) is 50.6 Å². The van der Waals surface area contributed by atoms with E-state index in [9.17, 15) is 4.79 Å². The van der Waals surface area contributed by atoms with Crippen molar-refractivity contribution in [3.8, 4) is 0 Å². The highest BCUT2D eigenvalue weighted by molar-refractivity contribution is 7.13. The predicted molar refractivity (Wildman–Crippen MR) is 82.9 cm³/mol. The third-order valence-corrected chi connectivity index (χ3v) is 4.51. The summed E-state index contributed by atoms with van der Waals surface area (Å²) in [7, 11) is 0. The van der Waals surface area contributed by atoms with Crippen LogP contribution in [0.5, 0.6) is 0 Å². The summed E-state index contributed by atoms with van der Waals surface area (Å²) in [4.78, 5) is 24.8. The van der Waals surface area contributed by atoms with Gasteiger partial charge in [-0.3, -0.25) is 4.79 Å². The smallest absolute Gasteiger partial charge is 0.226 e. The van der Waals surface area contributed by atoms with E-state index in [0.29, 0.717) is 24.6 Å². The van der Waals surface area contributed by atoms with Crippen molar-refractivity contribution >= 4 is 22.4 Å². The number of nitrogens with zero attached hydrogens (tertiary/aromatic N) is 5. The summed E-state index contributed by atoms with van der Waals surface area (Å²) in [5.41, 5.74) is 0. The van der Waals surface area contributed by atoms with E-state index in [4.69, 9.17) is 4.52 Å². The van der Waals surface area contributed by atoms with Crippen LogP contribution < -0.4 is 4.90 Å². The Morgan fingerprint density at radius 3 is 2.82 bits per heavy atom. The van der Waals surface area contributed by atoms with E-state index in [1.165, 1.54) is 0 Å². The first-order valence-corrected chi connectivity index (χ1v) is 8.32. The first-order chi connectivity index (χ1) is 10.7. The van der Waals surface area contributed by atoms with Gasteiger partial charge in [-0.15, -0.1) is 11.3 Å². The monoisotopic (exact) mass is 321 g/mol. The van der Waals surface area contributed by atoms with Crippen molar-refractivity contribution in [1.82, 2.24) is 20.0 Å². The van der Waals surface area contributed by atoms with Gasteiger partial charge >= 0.3 is 0 Å². The fourth-order valence-corrected chi connectivity index (χ4v) is 3.21. The molecule has 0 unspecified atom stereocenters. The van der Waals surface area contributed by atoms with Gasteiger partial charge < -0.3 is 14.3 Å². The van der Waals surface area contributed by atoms with Gasteiger partial charge in [-0.05, 0) is 13.3 Å². The summed E-state index contributed by atoms with van der Waals surface area (Å²) in [6.07, 6.45) is 3.74. The predicted octanol–water partition coefficient (Wildman–Crippen LogP) is 1.51. The van der Waals surface area contributed by atoms with Gasteiger partial charge in [0.1, 0.15) is 0 Å². The van der Waals surface area contributed by atoms with Gasteiger partial charge in [0.2, 0.25) is 11.8 Å². The molecule has 0 bridgehead atoms. The molecule has 0 radical (unpaired) electrons. The zero-order valence-electron chi connectivity index (χ0n) is 12.6. The quantitative estimate of drug-likeness (QED) is 0.831. The maximum atomic E-state index is 12.2. The number of aryl methyl sites for hydroxylation is 2. The molecule has 118 valence electrons. The van der Waals surface area contributed by atoms with Crippen LogP contribution in [0.25, 0.3) is 0 Å². The van der Waals surface area contributed by atoms with E-state index in [1.807, 2.05) is 16.5 Å². The fraction of sp³-hybridized carbons (Fsp3) is 0.571. The third kappa shape index (κ3) is 3.62. The number of carbonyl (C=O) groups excluding carboxylic acids is 1. The Morgan fingerprint density at radius 2 is 2.18 bits per heavy atom. The minimum atomic E-state index is 0.204. The van der Waals surface area contributed by atoms with Crippen LogP contribution in [0.1, 0.15) is 24.6 Å². The first-order valence-electron chi connectivity index (χ1n) is 7.44. The van der Waals surface area contributed by atoms with Crippen molar-refractivity contribution in [2.45, 2.75) is 26.2 Å². The zero-order valence-corrected chi connectivity index (χ0v) is 13.4. The molecule has 1 saturated heterocycles. The van der Waals surface area contributed by atoms with Crippen LogP contribution >= 0.6 is 11.3 Å². The maximum absolute atomic E-state index is 12.2. The summed E-state index contributed by atoms with van der Waals surface area (Å²) in [6.45, 7) is 5.01. The van der Waals surface area contributed by atoms with Gasteiger partial charge in [-0.25, -0.2) is 4.98 Å². The van der Waals surface area contributed by atoms with Crippen molar-refractivity contribution in [3.05, 3.63) is 23.3 Å². The van der Waals surface area contributed by atoms with Crippen molar-refractivity contribution in [1.29, 1.82) is 0 Å². The highest BCUT2D eigenvalue weighted by Crippen LogP contribution is 2.19. The Kier molecular flexibility index (Phi) is 4.67. The molecule has 1 aliphatic rings. The lowest BCUT2D eigenvalue weighted by Gasteiger charge is -2.34. The van der Waals surface area contributed by atoms with Crippen LogP contribution in [0, 0.1) is 6.92 Å². The molecule has 3 rings (SSSR count). The van der Waals surface area contributed by atoms with Crippen LogP contribution in [-0.4, -0.2) is 52.1 Å². The lowest BCUT2D eigenvalue weighted by Crippen LogP contribution is -2.48. The number of amides is 1. The number of thiazole rings is 1. The Hall–Kier alpha value is -1.96. The number of hydrogen-bond donors (Lipinski definition) is 0. The summed E-state index contributed by atoms with van der Waals surface area (Å²) in [5.74, 6) is 1.45. The number of aromatic nitrogens is 3. The van der Waals surface area contributed by atoms with Gasteiger partial charge in [0.15, 0.2) is 11.0 Å². The highest BCUT2D eigenvalue weighted by Gasteiger charge is 2.22. The zero-order chi connectivity index (χ0) is 15.4. The minimum absolute atomic E-state index is 0.204. The van der Waals surface area contributed by atoms with Gasteiger partial charge in [-0.2, -0.15) is 4.98 Å². The molecule has 1 fully saturated rings. The van der Waals surface area contributed by atoms with Crippen LogP contribution in [0.2, 0.25) is 0 Å². The second-order valence-corrected chi connectivity index (χ2v) is 6.14. The fourth-order valence-electron chi connectivity index (χ4n) is 2.51. The molecule has 1 aliphatic heterocycles. The number of rotatable bonds is 5. The molecule has 3 heterocycles. The second kappa shape index (κ2) is 6.87. The highest BCUT2D eigenvalue weighted by atomic mass is 32.1. The van der Waals surface area contributed by atoms with E-state index < -0.39 is 0 Å². The van der Waals surface area contributed by atoms with E-state index in [0.717, 1.165) is 37.7 Å². The first kappa shape index (κ1) is 15.0. The average molecular weight is 321 g/mol. The SMILES string of the molecule is Cc1noc(CCCC(=O)N2CCN(c3nccs3)CC2)n1. The number of hydrogen-bond acceptors (Lipinski definition) is 7. The number of carbonyl (C=O) groups is 1. The summed E-state index contributed by atoms with van der Waals surface area (Å²) in [5, 5.41) is 6.76. The molecule has 2 aromatic rings. The lowest BCUT2D eigenvalue weighted by atomic mass is 10.2. The number of piperazine rings is 1. The van der Waals surface area contributed by atoms with E-state index in [2.05, 4.69) is 20.0 Å². The second-order valence-electron chi connectivity index (χ2n) is 5.27. The molecule has 2 aromatic heterocycles. The maximum Gasteiger partial charge on any atom is 0.226 e. The van der Waals surface area contributed by atoms with Crippen LogP contribution in [-0.2, 0) is 11.2 Å². The Balaban J connectivity index is 1.40. The minimum Gasteiger partial charge on any atom is -0.345 e. The van der Waals surface area contributed by atoms with Crippen molar-refractivity contribution in [3.63, 3.8) is 0 Å².